The van der Waals surface area contributed by atoms with E-state index in [1.165, 1.54) is 45.3 Å². The molecule has 1 rings (SSSR count). The van der Waals surface area contributed by atoms with Crippen LogP contribution in [0.2, 0.25) is 0 Å². The summed E-state index contributed by atoms with van der Waals surface area (Å²) < 4.78 is 0. The van der Waals surface area contributed by atoms with Gasteiger partial charge in [-0.15, -0.1) is 6.58 Å². The van der Waals surface area contributed by atoms with Crippen LogP contribution in [0.1, 0.15) is 25.7 Å². The lowest BCUT2D eigenvalue weighted by molar-refractivity contribution is 0.306. The first kappa shape index (κ1) is 11.7. The average Bonchev–Trinajstić information content (AvgIpc) is 2.20. The molecule has 2 nitrogen and oxygen atoms in total. The Balaban J connectivity index is 1.99. The summed E-state index contributed by atoms with van der Waals surface area (Å²) in [6.45, 7) is 8.45. The summed E-state index contributed by atoms with van der Waals surface area (Å²) in [5.41, 5.74) is 0. The standard InChI is InChI=1S/C12H24N2/c1-3-10-14(2)11-4-5-12-6-8-13-9-7-12/h3,12-13H,1,4-11H2,2H3. The Morgan fingerprint density at radius 2 is 2.14 bits per heavy atom. The molecule has 0 atom stereocenters. The number of nitrogens with one attached hydrogen (secondary N) is 1. The maximum atomic E-state index is 3.75. The number of piperidine rings is 1. The largest absolute Gasteiger partial charge is 0.317 e. The van der Waals surface area contributed by atoms with Crippen LogP contribution in [0.4, 0.5) is 0 Å². The fourth-order valence-corrected chi connectivity index (χ4v) is 2.13. The lowest BCUT2D eigenvalue weighted by atomic mass is 9.93. The molecule has 1 fully saturated rings. The van der Waals surface area contributed by atoms with Gasteiger partial charge in [-0.2, -0.15) is 0 Å². The van der Waals surface area contributed by atoms with Crippen LogP contribution in [-0.2, 0) is 0 Å². The van der Waals surface area contributed by atoms with E-state index >= 15 is 0 Å². The van der Waals surface area contributed by atoms with E-state index in [1.807, 2.05) is 6.08 Å². The molecule has 0 bridgehead atoms. The fourth-order valence-electron chi connectivity index (χ4n) is 2.13. The zero-order chi connectivity index (χ0) is 10.2. The molecule has 0 unspecified atom stereocenters. The highest BCUT2D eigenvalue weighted by Crippen LogP contribution is 2.17. The number of likely N-dealkylation sites (N-methyl/N-ethyl adjacent to an activating group) is 1. The first-order valence-corrected chi connectivity index (χ1v) is 5.83. The highest BCUT2D eigenvalue weighted by molar-refractivity contribution is 4.72. The number of hydrogen-bond acceptors (Lipinski definition) is 2. The Kier molecular flexibility index (Phi) is 5.88. The molecule has 0 aromatic carbocycles. The normalized spacial score (nSPS) is 18.7. The third kappa shape index (κ3) is 4.77. The summed E-state index contributed by atoms with van der Waals surface area (Å²) in [4.78, 5) is 2.34. The Hall–Kier alpha value is -0.340. The van der Waals surface area contributed by atoms with Gasteiger partial charge in [0.25, 0.3) is 0 Å². The molecule has 0 saturated carbocycles. The Labute approximate surface area is 88.4 Å². The van der Waals surface area contributed by atoms with Gasteiger partial charge in [-0.05, 0) is 58.3 Å². The van der Waals surface area contributed by atoms with Gasteiger partial charge in [-0.25, -0.2) is 0 Å². The Bertz CT molecular complexity index is 150. The van der Waals surface area contributed by atoms with Gasteiger partial charge < -0.3 is 10.2 Å². The SMILES string of the molecule is C=CCN(C)CCCC1CCNCC1. The van der Waals surface area contributed by atoms with Crippen LogP contribution in [0.25, 0.3) is 0 Å². The zero-order valence-corrected chi connectivity index (χ0v) is 9.47. The van der Waals surface area contributed by atoms with Crippen molar-refractivity contribution < 1.29 is 0 Å². The van der Waals surface area contributed by atoms with Gasteiger partial charge in [0.1, 0.15) is 0 Å². The van der Waals surface area contributed by atoms with Crippen LogP contribution in [-0.4, -0.2) is 38.1 Å². The first-order chi connectivity index (χ1) is 6.83. The average molecular weight is 196 g/mol. The summed E-state index contributed by atoms with van der Waals surface area (Å²) in [5.74, 6) is 0.980. The van der Waals surface area contributed by atoms with Gasteiger partial charge in [-0.1, -0.05) is 6.08 Å². The van der Waals surface area contributed by atoms with Crippen molar-refractivity contribution in [2.45, 2.75) is 25.7 Å². The highest BCUT2D eigenvalue weighted by atomic mass is 15.1. The van der Waals surface area contributed by atoms with Gasteiger partial charge >= 0.3 is 0 Å². The van der Waals surface area contributed by atoms with Gasteiger partial charge in [0.2, 0.25) is 0 Å². The molecule has 1 aliphatic rings. The second-order valence-electron chi connectivity index (χ2n) is 4.39. The Morgan fingerprint density at radius 1 is 1.43 bits per heavy atom. The molecular formula is C12H24N2. The van der Waals surface area contributed by atoms with E-state index in [-0.39, 0.29) is 0 Å². The number of rotatable bonds is 6. The zero-order valence-electron chi connectivity index (χ0n) is 9.47. The van der Waals surface area contributed by atoms with Crippen LogP contribution >= 0.6 is 0 Å². The van der Waals surface area contributed by atoms with Gasteiger partial charge in [0.05, 0.1) is 0 Å². The molecule has 0 spiro atoms. The fraction of sp³-hybridized carbons (Fsp3) is 0.833. The second-order valence-corrected chi connectivity index (χ2v) is 4.39. The van der Waals surface area contributed by atoms with Crippen molar-refractivity contribution in [3.05, 3.63) is 12.7 Å². The van der Waals surface area contributed by atoms with E-state index in [0.29, 0.717) is 0 Å². The topological polar surface area (TPSA) is 15.3 Å². The van der Waals surface area contributed by atoms with Crippen molar-refractivity contribution in [3.8, 4) is 0 Å². The molecule has 1 saturated heterocycles. The molecule has 1 N–H and O–H groups in total. The number of nitrogens with zero attached hydrogens (tertiary/aromatic N) is 1. The summed E-state index contributed by atoms with van der Waals surface area (Å²) in [6.07, 6.45) is 7.49. The van der Waals surface area contributed by atoms with E-state index < -0.39 is 0 Å². The van der Waals surface area contributed by atoms with Crippen molar-refractivity contribution in [2.24, 2.45) is 5.92 Å². The van der Waals surface area contributed by atoms with Crippen LogP contribution < -0.4 is 5.32 Å². The highest BCUT2D eigenvalue weighted by Gasteiger charge is 2.12. The maximum Gasteiger partial charge on any atom is 0.0157 e. The maximum absolute atomic E-state index is 3.75. The predicted octanol–water partition coefficient (Wildman–Crippen LogP) is 1.88. The van der Waals surface area contributed by atoms with E-state index in [1.54, 1.807) is 0 Å². The van der Waals surface area contributed by atoms with Gasteiger partial charge in [0, 0.05) is 6.54 Å². The van der Waals surface area contributed by atoms with E-state index in [0.717, 1.165) is 12.5 Å². The summed E-state index contributed by atoms with van der Waals surface area (Å²) in [7, 11) is 2.17. The molecule has 2 heteroatoms. The van der Waals surface area contributed by atoms with E-state index in [9.17, 15) is 0 Å². The van der Waals surface area contributed by atoms with Crippen LogP contribution in [0, 0.1) is 5.92 Å². The molecule has 1 heterocycles. The molecule has 0 aliphatic carbocycles. The smallest absolute Gasteiger partial charge is 0.0157 e. The molecular weight excluding hydrogens is 172 g/mol. The van der Waals surface area contributed by atoms with Gasteiger partial charge in [0.15, 0.2) is 0 Å². The third-order valence-electron chi connectivity index (χ3n) is 3.05. The molecule has 0 amide bonds. The molecule has 0 aromatic heterocycles. The van der Waals surface area contributed by atoms with Crippen LogP contribution in [0.5, 0.6) is 0 Å². The molecule has 14 heavy (non-hydrogen) atoms. The minimum Gasteiger partial charge on any atom is -0.317 e. The molecule has 0 aromatic rings. The summed E-state index contributed by atoms with van der Waals surface area (Å²) in [5, 5.41) is 3.41. The monoisotopic (exact) mass is 196 g/mol. The predicted molar refractivity (Wildman–Crippen MR) is 62.5 cm³/mol. The second kappa shape index (κ2) is 7.02. The quantitative estimate of drug-likeness (QED) is 0.653. The number of hydrogen-bond donors (Lipinski definition) is 1. The van der Waals surface area contributed by atoms with E-state index in [2.05, 4.69) is 23.8 Å². The molecule has 0 radical (unpaired) electrons. The van der Waals surface area contributed by atoms with Crippen LogP contribution in [0.3, 0.4) is 0 Å². The van der Waals surface area contributed by atoms with Crippen molar-refractivity contribution >= 4 is 0 Å². The van der Waals surface area contributed by atoms with Gasteiger partial charge in [-0.3, -0.25) is 0 Å². The molecule has 1 aliphatic heterocycles. The first-order valence-electron chi connectivity index (χ1n) is 5.83. The Morgan fingerprint density at radius 3 is 2.79 bits per heavy atom. The lowest BCUT2D eigenvalue weighted by Crippen LogP contribution is -2.28. The minimum absolute atomic E-state index is 0.980. The lowest BCUT2D eigenvalue weighted by Gasteiger charge is -2.23. The minimum atomic E-state index is 0.980. The third-order valence-corrected chi connectivity index (χ3v) is 3.05. The van der Waals surface area contributed by atoms with Crippen LogP contribution in [0.15, 0.2) is 12.7 Å². The van der Waals surface area contributed by atoms with Crippen molar-refractivity contribution in [2.75, 3.05) is 33.2 Å². The molecule has 82 valence electrons. The van der Waals surface area contributed by atoms with E-state index in [4.69, 9.17) is 0 Å². The summed E-state index contributed by atoms with van der Waals surface area (Å²) >= 11 is 0. The van der Waals surface area contributed by atoms with Crippen molar-refractivity contribution in [1.82, 2.24) is 10.2 Å². The van der Waals surface area contributed by atoms with Crippen molar-refractivity contribution in [1.29, 1.82) is 0 Å². The van der Waals surface area contributed by atoms with Crippen molar-refractivity contribution in [3.63, 3.8) is 0 Å². The summed E-state index contributed by atoms with van der Waals surface area (Å²) in [6, 6.07) is 0.